The minimum Gasteiger partial charge on any atom is -0.372 e. The van der Waals surface area contributed by atoms with Gasteiger partial charge in [0.2, 0.25) is 0 Å². The maximum atomic E-state index is 9.36. The molecular formula is C9H15NO. The maximum absolute atomic E-state index is 9.36. The summed E-state index contributed by atoms with van der Waals surface area (Å²) in [7, 11) is 0. The summed E-state index contributed by atoms with van der Waals surface area (Å²) in [5.41, 5.74) is 6.15. The maximum Gasteiger partial charge on any atom is 0.136 e. The van der Waals surface area contributed by atoms with Crippen LogP contribution >= 0.6 is 0 Å². The molecule has 1 atom stereocenters. The zero-order valence-electron chi connectivity index (χ0n) is 6.83. The first-order valence-electron chi connectivity index (χ1n) is 3.58. The summed E-state index contributed by atoms with van der Waals surface area (Å²) in [4.78, 5) is 0. The van der Waals surface area contributed by atoms with Crippen LogP contribution in [0.15, 0.2) is 24.3 Å². The Morgan fingerprint density at radius 3 is 2.18 bits per heavy atom. The smallest absolute Gasteiger partial charge is 0.136 e. The van der Waals surface area contributed by atoms with E-state index in [9.17, 15) is 5.11 Å². The highest BCUT2D eigenvalue weighted by molar-refractivity contribution is 5.24. The molecule has 0 saturated carbocycles. The van der Waals surface area contributed by atoms with Crippen molar-refractivity contribution >= 4 is 0 Å². The largest absolute Gasteiger partial charge is 0.372 e. The average Bonchev–Trinajstić information content (AvgIpc) is 1.86. The van der Waals surface area contributed by atoms with Gasteiger partial charge in [0.05, 0.1) is 0 Å². The molecule has 2 nitrogen and oxygen atoms in total. The Morgan fingerprint density at radius 2 is 1.82 bits per heavy atom. The van der Waals surface area contributed by atoms with Crippen LogP contribution < -0.4 is 5.73 Å². The average molecular weight is 153 g/mol. The van der Waals surface area contributed by atoms with Crippen LogP contribution in [0.25, 0.3) is 0 Å². The first-order valence-corrected chi connectivity index (χ1v) is 3.58. The fourth-order valence-corrected chi connectivity index (χ4v) is 0.891. The molecule has 3 N–H and O–H groups in total. The van der Waals surface area contributed by atoms with Crippen LogP contribution in [0.5, 0.6) is 0 Å². The van der Waals surface area contributed by atoms with Gasteiger partial charge in [-0.05, 0) is 19.4 Å². The number of nitrogens with two attached hydrogens (primary N) is 1. The van der Waals surface area contributed by atoms with Gasteiger partial charge in [-0.25, -0.2) is 0 Å². The Kier molecular flexibility index (Phi) is 1.98. The third-order valence-electron chi connectivity index (χ3n) is 1.64. The second kappa shape index (κ2) is 2.64. The summed E-state index contributed by atoms with van der Waals surface area (Å²) >= 11 is 0. The van der Waals surface area contributed by atoms with Gasteiger partial charge in [0.15, 0.2) is 0 Å². The zero-order valence-corrected chi connectivity index (χ0v) is 6.83. The molecule has 0 fully saturated rings. The van der Waals surface area contributed by atoms with Crippen LogP contribution in [0.2, 0.25) is 0 Å². The highest BCUT2D eigenvalue weighted by atomic mass is 16.3. The molecule has 0 aliphatic heterocycles. The van der Waals surface area contributed by atoms with Gasteiger partial charge < -0.3 is 10.8 Å². The van der Waals surface area contributed by atoms with E-state index in [2.05, 4.69) is 0 Å². The van der Waals surface area contributed by atoms with Crippen molar-refractivity contribution in [2.45, 2.75) is 19.6 Å². The van der Waals surface area contributed by atoms with Crippen LogP contribution in [-0.2, 0) is 5.72 Å². The third-order valence-corrected chi connectivity index (χ3v) is 1.64. The Labute approximate surface area is 68.1 Å². The van der Waals surface area contributed by atoms with E-state index in [4.69, 9.17) is 5.73 Å². The van der Waals surface area contributed by atoms with E-state index in [1.165, 1.54) is 0 Å². The van der Waals surface area contributed by atoms with Crippen LogP contribution in [-0.4, -0.2) is 5.11 Å². The minimum atomic E-state index is -1.21. The fraction of sp³-hybridized carbons (Fsp3) is 0.333. The first kappa shape index (κ1) is 8.24. The molecular weight excluding hydrogens is 138 g/mol. The highest BCUT2D eigenvalue weighted by Gasteiger charge is 2.14. The predicted molar refractivity (Wildman–Crippen MR) is 47.1 cm³/mol. The van der Waals surface area contributed by atoms with Crippen LogP contribution in [0.4, 0.5) is 0 Å². The van der Waals surface area contributed by atoms with E-state index in [1.807, 2.05) is 31.2 Å². The van der Waals surface area contributed by atoms with Crippen LogP contribution in [0.1, 0.15) is 19.5 Å². The molecule has 0 aliphatic carbocycles. The molecule has 0 spiro atoms. The van der Waals surface area contributed by atoms with Crippen molar-refractivity contribution in [3.8, 4) is 0 Å². The molecule has 1 unspecified atom stereocenters. The lowest BCUT2D eigenvalue weighted by Crippen LogP contribution is -2.32. The molecule has 0 heterocycles. The van der Waals surface area contributed by atoms with Gasteiger partial charge in [-0.3, -0.25) is 0 Å². The molecule has 0 amide bonds. The summed E-state index contributed by atoms with van der Waals surface area (Å²) in [5, 5.41) is 9.36. The van der Waals surface area contributed by atoms with Gasteiger partial charge >= 0.3 is 0 Å². The summed E-state index contributed by atoms with van der Waals surface area (Å²) in [6.45, 7) is 3.56. The normalized spacial score (nSPS) is 16.0. The number of hydrogen-bond acceptors (Lipinski definition) is 2. The van der Waals surface area contributed by atoms with Crippen molar-refractivity contribution < 1.29 is 6.53 Å². The lowest BCUT2D eigenvalue weighted by atomic mass is 10.0. The lowest BCUT2D eigenvalue weighted by Gasteiger charge is -2.17. The van der Waals surface area contributed by atoms with Crippen LogP contribution in [0.3, 0.4) is 0 Å². The molecule has 11 heavy (non-hydrogen) atoms. The molecule has 0 bridgehead atoms. The number of aliphatic hydroxyl groups is 1. The fourth-order valence-electron chi connectivity index (χ4n) is 0.891. The predicted octanol–water partition coefficient (Wildman–Crippen LogP) is 1.36. The summed E-state index contributed by atoms with van der Waals surface area (Å²) in [6, 6.07) is 7.51. The molecule has 1 aromatic carbocycles. The Bertz CT molecular complexity index is 238. The van der Waals surface area contributed by atoms with E-state index in [-0.39, 0.29) is 1.43 Å². The van der Waals surface area contributed by atoms with Crippen molar-refractivity contribution in [3.05, 3.63) is 35.4 Å². The monoisotopic (exact) mass is 153 g/mol. The van der Waals surface area contributed by atoms with Gasteiger partial charge in [-0.2, -0.15) is 0 Å². The molecule has 0 saturated heterocycles. The van der Waals surface area contributed by atoms with Gasteiger partial charge in [0.25, 0.3) is 0 Å². The summed E-state index contributed by atoms with van der Waals surface area (Å²) in [5.74, 6) is 0. The molecule has 0 aromatic heterocycles. The van der Waals surface area contributed by atoms with E-state index in [0.29, 0.717) is 0 Å². The van der Waals surface area contributed by atoms with Crippen molar-refractivity contribution in [1.29, 1.82) is 0 Å². The molecule has 62 valence electrons. The Balaban J connectivity index is 0.00000121. The van der Waals surface area contributed by atoms with Gasteiger partial charge in [0, 0.05) is 1.43 Å². The van der Waals surface area contributed by atoms with Crippen molar-refractivity contribution in [2.24, 2.45) is 5.73 Å². The van der Waals surface area contributed by atoms with E-state index in [0.717, 1.165) is 11.1 Å². The first-order chi connectivity index (χ1) is 5.00. The highest BCUT2D eigenvalue weighted by Crippen LogP contribution is 2.13. The number of aryl methyl sites for hydroxylation is 1. The van der Waals surface area contributed by atoms with Gasteiger partial charge in [0.1, 0.15) is 5.72 Å². The van der Waals surface area contributed by atoms with Crippen molar-refractivity contribution in [2.75, 3.05) is 0 Å². The van der Waals surface area contributed by atoms with Gasteiger partial charge in [-0.1, -0.05) is 29.8 Å². The van der Waals surface area contributed by atoms with Gasteiger partial charge in [-0.15, -0.1) is 0 Å². The van der Waals surface area contributed by atoms with Crippen molar-refractivity contribution in [1.82, 2.24) is 0 Å². The van der Waals surface area contributed by atoms with E-state index >= 15 is 0 Å². The number of rotatable bonds is 1. The molecule has 0 aliphatic rings. The van der Waals surface area contributed by atoms with E-state index < -0.39 is 5.72 Å². The quantitative estimate of drug-likeness (QED) is 0.598. The SMILES string of the molecule is Cc1ccc(C(C)(N)O)cc1.[HH]. The number of hydrogen-bond donors (Lipinski definition) is 2. The Hall–Kier alpha value is -0.860. The zero-order chi connectivity index (χ0) is 8.48. The third kappa shape index (κ3) is 2.03. The second-order valence-electron chi connectivity index (χ2n) is 3.01. The summed E-state index contributed by atoms with van der Waals surface area (Å²) < 4.78 is 0. The molecule has 0 radical (unpaired) electrons. The van der Waals surface area contributed by atoms with E-state index in [1.54, 1.807) is 6.92 Å². The standard InChI is InChI=1S/C9H13NO.H2/c1-7-3-5-8(6-4-7)9(2,10)11;/h3-6,11H,10H2,1-2H3;1H. The second-order valence-corrected chi connectivity index (χ2v) is 3.01. The summed E-state index contributed by atoms with van der Waals surface area (Å²) in [6.07, 6.45) is 0. The van der Waals surface area contributed by atoms with Crippen LogP contribution in [0, 0.1) is 6.92 Å². The van der Waals surface area contributed by atoms with Crippen molar-refractivity contribution in [3.63, 3.8) is 0 Å². The minimum absolute atomic E-state index is 0. The topological polar surface area (TPSA) is 46.2 Å². The lowest BCUT2D eigenvalue weighted by molar-refractivity contribution is 0.0647. The Morgan fingerprint density at radius 1 is 1.36 bits per heavy atom. The molecule has 1 aromatic rings. The molecule has 1 rings (SSSR count). The molecule has 2 heteroatoms. The number of benzene rings is 1.